The Balaban J connectivity index is 1.93. The zero-order chi connectivity index (χ0) is 24.0. The fraction of sp³-hybridized carbons (Fsp3) is 0.208. The Morgan fingerprint density at radius 1 is 1.03 bits per heavy atom. The molecule has 0 aliphatic heterocycles. The van der Waals surface area contributed by atoms with Crippen LogP contribution in [0.2, 0.25) is 0 Å². The number of aryl methyl sites for hydroxylation is 1. The fourth-order valence-corrected chi connectivity index (χ4v) is 5.34. The summed E-state index contributed by atoms with van der Waals surface area (Å²) in [5.41, 5.74) is 2.81. The van der Waals surface area contributed by atoms with E-state index in [0.29, 0.717) is 28.2 Å². The molecule has 0 aromatic heterocycles. The molecular formula is C24H25BrN2O5S. The summed E-state index contributed by atoms with van der Waals surface area (Å²) in [7, 11) is -0.962. The lowest BCUT2D eigenvalue weighted by atomic mass is 10.2. The highest BCUT2D eigenvalue weighted by Gasteiger charge is 2.28. The molecule has 0 fully saturated rings. The van der Waals surface area contributed by atoms with Gasteiger partial charge in [-0.1, -0.05) is 29.8 Å². The number of halogens is 1. The summed E-state index contributed by atoms with van der Waals surface area (Å²) >= 11 is 3.33. The Labute approximate surface area is 202 Å². The van der Waals surface area contributed by atoms with E-state index in [2.05, 4.69) is 21.2 Å². The Kier molecular flexibility index (Phi) is 8.12. The van der Waals surface area contributed by atoms with Gasteiger partial charge in [0.05, 0.1) is 28.8 Å². The molecule has 0 radical (unpaired) electrons. The number of ether oxygens (including phenoxy) is 2. The zero-order valence-corrected chi connectivity index (χ0v) is 20.9. The molecule has 0 bridgehead atoms. The van der Waals surface area contributed by atoms with E-state index in [0.717, 1.165) is 15.4 Å². The van der Waals surface area contributed by atoms with E-state index in [4.69, 9.17) is 9.47 Å². The average molecular weight is 533 g/mol. The smallest absolute Gasteiger partial charge is 0.264 e. The molecule has 3 rings (SSSR count). The summed E-state index contributed by atoms with van der Waals surface area (Å²) in [6.07, 6.45) is 0. The third-order valence-corrected chi connectivity index (χ3v) is 7.23. The number of hydrogen-bond donors (Lipinski definition) is 1. The first-order valence-corrected chi connectivity index (χ1v) is 12.3. The summed E-state index contributed by atoms with van der Waals surface area (Å²) in [5.74, 6) is 0.0332. The topological polar surface area (TPSA) is 84.9 Å². The normalized spacial score (nSPS) is 11.2. The molecule has 33 heavy (non-hydrogen) atoms. The van der Waals surface area contributed by atoms with Crippen molar-refractivity contribution in [2.45, 2.75) is 18.4 Å². The molecule has 0 aliphatic carbocycles. The Hall–Kier alpha value is -2.88. The van der Waals surface area contributed by atoms with Crippen molar-refractivity contribution in [1.29, 1.82) is 0 Å². The number of carbonyl (C=O) groups excluding carboxylic acids is 1. The van der Waals surface area contributed by atoms with Crippen LogP contribution in [0.15, 0.2) is 76.1 Å². The molecule has 0 aliphatic rings. The predicted octanol–water partition coefficient (Wildman–Crippen LogP) is 4.75. The van der Waals surface area contributed by atoms with Crippen molar-refractivity contribution in [1.82, 2.24) is 0 Å². The van der Waals surface area contributed by atoms with Gasteiger partial charge < -0.3 is 14.8 Å². The van der Waals surface area contributed by atoms with Crippen LogP contribution in [-0.4, -0.2) is 35.1 Å². The number of nitrogens with zero attached hydrogens (tertiary/aromatic N) is 1. The van der Waals surface area contributed by atoms with Gasteiger partial charge in [0.1, 0.15) is 12.3 Å². The highest BCUT2D eigenvalue weighted by molar-refractivity contribution is 9.10. The maximum absolute atomic E-state index is 13.6. The Morgan fingerprint density at radius 3 is 2.39 bits per heavy atom. The Bertz CT molecular complexity index is 1230. The van der Waals surface area contributed by atoms with Gasteiger partial charge >= 0.3 is 0 Å². The first kappa shape index (κ1) is 24.8. The molecule has 0 atom stereocenters. The maximum atomic E-state index is 13.6. The average Bonchev–Trinajstić information content (AvgIpc) is 2.78. The second-order valence-corrected chi connectivity index (χ2v) is 10.0. The SMILES string of the molecule is COCc1cccc(NC(=O)CN(c2ccc(C)cc2)S(=O)(=O)c2ccc(OC)c(Br)c2)c1. The number of carbonyl (C=O) groups is 1. The lowest BCUT2D eigenvalue weighted by Crippen LogP contribution is -2.38. The molecule has 0 unspecified atom stereocenters. The van der Waals surface area contributed by atoms with Gasteiger partial charge in [0.2, 0.25) is 5.91 Å². The van der Waals surface area contributed by atoms with Crippen LogP contribution in [0.1, 0.15) is 11.1 Å². The number of rotatable bonds is 9. The summed E-state index contributed by atoms with van der Waals surface area (Å²) in [6, 6.07) is 18.6. The van der Waals surface area contributed by atoms with Crippen molar-refractivity contribution < 1.29 is 22.7 Å². The number of methoxy groups -OCH3 is 2. The number of anilines is 2. The molecule has 174 valence electrons. The largest absolute Gasteiger partial charge is 0.496 e. The third-order valence-electron chi connectivity index (χ3n) is 4.84. The highest BCUT2D eigenvalue weighted by Crippen LogP contribution is 2.31. The van der Waals surface area contributed by atoms with Gasteiger partial charge in [-0.15, -0.1) is 0 Å². The zero-order valence-electron chi connectivity index (χ0n) is 18.5. The standard InChI is InChI=1S/C24H25BrN2O5S/c1-17-7-9-20(10-8-17)27(33(29,30)21-11-12-23(32-3)22(25)14-21)15-24(28)26-19-6-4-5-18(13-19)16-31-2/h4-14H,15-16H2,1-3H3,(H,26,28). The molecule has 0 saturated heterocycles. The monoisotopic (exact) mass is 532 g/mol. The maximum Gasteiger partial charge on any atom is 0.264 e. The van der Waals surface area contributed by atoms with E-state index in [1.165, 1.54) is 19.2 Å². The van der Waals surface area contributed by atoms with Crippen molar-refractivity contribution in [2.75, 3.05) is 30.4 Å². The molecule has 9 heteroatoms. The third kappa shape index (κ3) is 6.13. The summed E-state index contributed by atoms with van der Waals surface area (Å²) in [4.78, 5) is 12.9. The molecule has 1 amide bonds. The highest BCUT2D eigenvalue weighted by atomic mass is 79.9. The van der Waals surface area contributed by atoms with Gasteiger partial charge in [0, 0.05) is 12.8 Å². The minimum absolute atomic E-state index is 0.0330. The van der Waals surface area contributed by atoms with Crippen LogP contribution in [0.3, 0.4) is 0 Å². The van der Waals surface area contributed by atoms with Crippen LogP contribution in [0.5, 0.6) is 5.75 Å². The fourth-order valence-electron chi connectivity index (χ4n) is 3.20. The summed E-state index contributed by atoms with van der Waals surface area (Å²) in [5, 5.41) is 2.78. The van der Waals surface area contributed by atoms with E-state index < -0.39 is 22.5 Å². The van der Waals surface area contributed by atoms with E-state index in [1.54, 1.807) is 55.6 Å². The first-order valence-electron chi connectivity index (χ1n) is 10.1. The van der Waals surface area contributed by atoms with Gasteiger partial charge in [-0.3, -0.25) is 9.10 Å². The van der Waals surface area contributed by atoms with E-state index in [1.807, 2.05) is 13.0 Å². The lowest BCUT2D eigenvalue weighted by Gasteiger charge is -2.24. The molecule has 3 aromatic carbocycles. The van der Waals surface area contributed by atoms with Crippen molar-refractivity contribution in [3.63, 3.8) is 0 Å². The van der Waals surface area contributed by atoms with Crippen molar-refractivity contribution in [3.8, 4) is 5.75 Å². The van der Waals surface area contributed by atoms with Gasteiger partial charge in [-0.25, -0.2) is 8.42 Å². The number of amides is 1. The predicted molar refractivity (Wildman–Crippen MR) is 132 cm³/mol. The molecule has 0 spiro atoms. The molecule has 0 saturated carbocycles. The van der Waals surface area contributed by atoms with Gasteiger partial charge in [0.15, 0.2) is 0 Å². The second kappa shape index (κ2) is 10.8. The lowest BCUT2D eigenvalue weighted by molar-refractivity contribution is -0.114. The summed E-state index contributed by atoms with van der Waals surface area (Å²) < 4.78 is 39.0. The quantitative estimate of drug-likeness (QED) is 0.430. The number of sulfonamides is 1. The molecular weight excluding hydrogens is 508 g/mol. The van der Waals surface area contributed by atoms with Crippen LogP contribution in [0.25, 0.3) is 0 Å². The number of nitrogens with one attached hydrogen (secondary N) is 1. The molecule has 0 heterocycles. The number of benzene rings is 3. The van der Waals surface area contributed by atoms with Crippen LogP contribution in [0, 0.1) is 6.92 Å². The van der Waals surface area contributed by atoms with Gasteiger partial charge in [-0.05, 0) is 70.9 Å². The van der Waals surface area contributed by atoms with Crippen LogP contribution in [-0.2, 0) is 26.2 Å². The van der Waals surface area contributed by atoms with E-state index >= 15 is 0 Å². The first-order chi connectivity index (χ1) is 15.7. The minimum atomic E-state index is -4.05. The van der Waals surface area contributed by atoms with E-state index in [-0.39, 0.29) is 4.90 Å². The Morgan fingerprint density at radius 2 is 1.76 bits per heavy atom. The van der Waals surface area contributed by atoms with Gasteiger partial charge in [-0.2, -0.15) is 0 Å². The van der Waals surface area contributed by atoms with Crippen LogP contribution >= 0.6 is 15.9 Å². The molecule has 7 nitrogen and oxygen atoms in total. The van der Waals surface area contributed by atoms with E-state index in [9.17, 15) is 13.2 Å². The summed E-state index contributed by atoms with van der Waals surface area (Å²) in [6.45, 7) is 1.91. The molecule has 3 aromatic rings. The van der Waals surface area contributed by atoms with Crippen molar-refractivity contribution in [3.05, 3.63) is 82.3 Å². The van der Waals surface area contributed by atoms with Crippen LogP contribution < -0.4 is 14.4 Å². The van der Waals surface area contributed by atoms with Gasteiger partial charge in [0.25, 0.3) is 10.0 Å². The minimum Gasteiger partial charge on any atom is -0.496 e. The molecule has 1 N–H and O–H groups in total. The van der Waals surface area contributed by atoms with Crippen LogP contribution in [0.4, 0.5) is 11.4 Å². The second-order valence-electron chi connectivity index (χ2n) is 7.33. The van der Waals surface area contributed by atoms with Crippen molar-refractivity contribution in [2.24, 2.45) is 0 Å². The number of hydrogen-bond acceptors (Lipinski definition) is 5. The van der Waals surface area contributed by atoms with Crippen molar-refractivity contribution >= 4 is 43.2 Å².